The highest BCUT2D eigenvalue weighted by atomic mass is 16.5. The van der Waals surface area contributed by atoms with Crippen molar-refractivity contribution in [1.29, 1.82) is 0 Å². The molecule has 2 aromatic carbocycles. The van der Waals surface area contributed by atoms with Crippen LogP contribution in [0.5, 0.6) is 11.5 Å². The van der Waals surface area contributed by atoms with Crippen LogP contribution in [0.25, 0.3) is 0 Å². The molecule has 2 N–H and O–H groups in total. The zero-order valence-electron chi connectivity index (χ0n) is 16.1. The van der Waals surface area contributed by atoms with Crippen LogP contribution >= 0.6 is 0 Å². The third-order valence-electron chi connectivity index (χ3n) is 4.56. The number of anilines is 2. The molecule has 0 aliphatic carbocycles. The summed E-state index contributed by atoms with van der Waals surface area (Å²) in [4.78, 5) is 25.8. The number of ether oxygens (including phenoxy) is 3. The van der Waals surface area contributed by atoms with Gasteiger partial charge in [0.25, 0.3) is 0 Å². The summed E-state index contributed by atoms with van der Waals surface area (Å²) in [6, 6.07) is 10.5. The van der Waals surface area contributed by atoms with E-state index in [1.54, 1.807) is 23.1 Å². The van der Waals surface area contributed by atoms with Crippen molar-refractivity contribution in [1.82, 2.24) is 4.90 Å². The fraction of sp³-hybridized carbons (Fsp3) is 0.300. The monoisotopic (exact) mass is 385 g/mol. The summed E-state index contributed by atoms with van der Waals surface area (Å²) in [7, 11) is 4.41. The first-order chi connectivity index (χ1) is 13.5. The molecule has 0 fully saturated rings. The Kier molecular flexibility index (Phi) is 5.88. The first kappa shape index (κ1) is 19.3. The number of carbonyl (C=O) groups is 2. The van der Waals surface area contributed by atoms with Crippen molar-refractivity contribution in [2.24, 2.45) is 0 Å². The molecule has 8 heteroatoms. The van der Waals surface area contributed by atoms with Crippen LogP contribution in [0.4, 0.5) is 21.0 Å². The number of amides is 3. The van der Waals surface area contributed by atoms with Crippen molar-refractivity contribution in [2.75, 3.05) is 38.5 Å². The van der Waals surface area contributed by atoms with E-state index in [2.05, 4.69) is 10.6 Å². The second-order valence-corrected chi connectivity index (χ2v) is 6.25. The number of hydrogen-bond donors (Lipinski definition) is 2. The number of nitrogens with zero attached hydrogens (tertiary/aromatic N) is 1. The highest BCUT2D eigenvalue weighted by Gasteiger charge is 2.21. The van der Waals surface area contributed by atoms with Crippen molar-refractivity contribution in [3.63, 3.8) is 0 Å². The molecule has 0 atom stereocenters. The second-order valence-electron chi connectivity index (χ2n) is 6.25. The van der Waals surface area contributed by atoms with E-state index in [0.717, 1.165) is 17.5 Å². The molecule has 3 rings (SSSR count). The minimum atomic E-state index is -0.410. The summed E-state index contributed by atoms with van der Waals surface area (Å²) in [5.74, 6) is 0.969. The number of carbonyl (C=O) groups excluding carboxylic acids is 2. The molecule has 148 valence electrons. The van der Waals surface area contributed by atoms with Gasteiger partial charge in [-0.05, 0) is 41.8 Å². The Morgan fingerprint density at radius 3 is 2.54 bits per heavy atom. The number of fused-ring (bicyclic) bond motifs is 1. The Hall–Kier alpha value is -3.42. The number of methoxy groups -OCH3 is 3. The van der Waals surface area contributed by atoms with E-state index in [9.17, 15) is 9.59 Å². The van der Waals surface area contributed by atoms with Crippen molar-refractivity contribution in [2.45, 2.75) is 13.0 Å². The Morgan fingerprint density at radius 1 is 1.00 bits per heavy atom. The van der Waals surface area contributed by atoms with E-state index in [4.69, 9.17) is 14.2 Å². The van der Waals surface area contributed by atoms with Crippen molar-refractivity contribution in [3.05, 3.63) is 47.5 Å². The molecule has 0 bridgehead atoms. The largest absolute Gasteiger partial charge is 0.493 e. The lowest BCUT2D eigenvalue weighted by atomic mass is 9.99. The normalized spacial score (nSPS) is 12.6. The lowest BCUT2D eigenvalue weighted by molar-refractivity contribution is 0.118. The van der Waals surface area contributed by atoms with E-state index in [1.165, 1.54) is 21.3 Å². The first-order valence-corrected chi connectivity index (χ1v) is 8.79. The molecule has 0 radical (unpaired) electrons. The molecule has 0 aromatic heterocycles. The molecule has 1 aliphatic rings. The van der Waals surface area contributed by atoms with Crippen LogP contribution < -0.4 is 20.1 Å². The molecule has 0 unspecified atom stereocenters. The van der Waals surface area contributed by atoms with Crippen molar-refractivity contribution >= 4 is 23.5 Å². The Balaban J connectivity index is 1.71. The molecular formula is C20H23N3O5. The Bertz CT molecular complexity index is 884. The summed E-state index contributed by atoms with van der Waals surface area (Å²) in [6.07, 6.45) is 0.393. The van der Waals surface area contributed by atoms with Gasteiger partial charge in [0.15, 0.2) is 11.5 Å². The number of urea groups is 1. The average Bonchev–Trinajstić information content (AvgIpc) is 2.72. The van der Waals surface area contributed by atoms with Gasteiger partial charge in [0.2, 0.25) is 0 Å². The van der Waals surface area contributed by atoms with Gasteiger partial charge >= 0.3 is 12.1 Å². The fourth-order valence-corrected chi connectivity index (χ4v) is 3.19. The van der Waals surface area contributed by atoms with E-state index in [0.29, 0.717) is 36.0 Å². The van der Waals surface area contributed by atoms with Crippen LogP contribution in [-0.4, -0.2) is 44.9 Å². The van der Waals surface area contributed by atoms with E-state index in [1.807, 2.05) is 18.2 Å². The molecule has 1 heterocycles. The zero-order chi connectivity index (χ0) is 20.1. The van der Waals surface area contributed by atoms with Gasteiger partial charge in [-0.2, -0.15) is 0 Å². The summed E-state index contributed by atoms with van der Waals surface area (Å²) >= 11 is 0. The summed E-state index contributed by atoms with van der Waals surface area (Å²) in [6.45, 7) is 1.06. The molecule has 2 aromatic rings. The molecule has 0 spiro atoms. The quantitative estimate of drug-likeness (QED) is 0.841. The SMILES string of the molecule is COC(=O)N1CCc2ccc(NC(=O)Nc3cccc(OC)c3OC)cc2C1. The molecule has 28 heavy (non-hydrogen) atoms. The predicted octanol–water partition coefficient (Wildman–Crippen LogP) is 3.47. The van der Waals surface area contributed by atoms with Gasteiger partial charge in [-0.25, -0.2) is 9.59 Å². The minimum absolute atomic E-state index is 0.355. The Morgan fingerprint density at radius 2 is 1.82 bits per heavy atom. The number of benzene rings is 2. The second kappa shape index (κ2) is 8.51. The molecule has 3 amide bonds. The highest BCUT2D eigenvalue weighted by Crippen LogP contribution is 2.34. The van der Waals surface area contributed by atoms with Crippen LogP contribution in [-0.2, 0) is 17.7 Å². The number of para-hydroxylation sites is 1. The summed E-state index contributed by atoms with van der Waals surface area (Å²) in [5, 5.41) is 5.57. The van der Waals surface area contributed by atoms with Crippen molar-refractivity contribution in [3.8, 4) is 11.5 Å². The number of hydrogen-bond acceptors (Lipinski definition) is 5. The molecule has 1 aliphatic heterocycles. The lowest BCUT2D eigenvalue weighted by Crippen LogP contribution is -2.35. The van der Waals surface area contributed by atoms with Gasteiger partial charge in [-0.3, -0.25) is 0 Å². The molecular weight excluding hydrogens is 362 g/mol. The van der Waals surface area contributed by atoms with Gasteiger partial charge in [0, 0.05) is 18.8 Å². The number of nitrogens with one attached hydrogen (secondary N) is 2. The van der Waals surface area contributed by atoms with Gasteiger partial charge < -0.3 is 29.7 Å². The maximum absolute atomic E-state index is 12.4. The molecule has 0 saturated carbocycles. The van der Waals surface area contributed by atoms with Crippen LogP contribution in [0.3, 0.4) is 0 Å². The maximum Gasteiger partial charge on any atom is 0.409 e. The first-order valence-electron chi connectivity index (χ1n) is 8.79. The van der Waals surface area contributed by atoms with Gasteiger partial charge in [0.1, 0.15) is 0 Å². The van der Waals surface area contributed by atoms with E-state index in [-0.39, 0.29) is 6.09 Å². The smallest absolute Gasteiger partial charge is 0.409 e. The van der Waals surface area contributed by atoms with Gasteiger partial charge in [-0.15, -0.1) is 0 Å². The Labute approximate surface area is 163 Å². The zero-order valence-corrected chi connectivity index (χ0v) is 16.1. The topological polar surface area (TPSA) is 89.1 Å². The van der Waals surface area contributed by atoms with Crippen LogP contribution in [0.15, 0.2) is 36.4 Å². The maximum atomic E-state index is 12.4. The summed E-state index contributed by atoms with van der Waals surface area (Å²) in [5.41, 5.74) is 3.26. The molecule has 0 saturated heterocycles. The molecule has 8 nitrogen and oxygen atoms in total. The average molecular weight is 385 g/mol. The number of rotatable bonds is 4. The standard InChI is InChI=1S/C20H23N3O5/c1-26-17-6-4-5-16(18(17)27-2)22-19(24)21-15-8-7-13-9-10-23(20(25)28-3)12-14(13)11-15/h4-8,11H,9-10,12H2,1-3H3,(H2,21,22,24). The van der Waals surface area contributed by atoms with Crippen LogP contribution in [0.1, 0.15) is 11.1 Å². The minimum Gasteiger partial charge on any atom is -0.493 e. The highest BCUT2D eigenvalue weighted by molar-refractivity contribution is 6.01. The van der Waals surface area contributed by atoms with Crippen LogP contribution in [0.2, 0.25) is 0 Å². The van der Waals surface area contributed by atoms with E-state index < -0.39 is 6.03 Å². The van der Waals surface area contributed by atoms with E-state index >= 15 is 0 Å². The summed E-state index contributed by atoms with van der Waals surface area (Å²) < 4.78 is 15.4. The van der Waals surface area contributed by atoms with Gasteiger partial charge in [0.05, 0.1) is 27.0 Å². The predicted molar refractivity (Wildman–Crippen MR) is 105 cm³/mol. The van der Waals surface area contributed by atoms with Crippen LogP contribution in [0, 0.1) is 0 Å². The lowest BCUT2D eigenvalue weighted by Gasteiger charge is -2.28. The van der Waals surface area contributed by atoms with Gasteiger partial charge in [-0.1, -0.05) is 12.1 Å². The van der Waals surface area contributed by atoms with Crippen molar-refractivity contribution < 1.29 is 23.8 Å². The fourth-order valence-electron chi connectivity index (χ4n) is 3.19. The third kappa shape index (κ3) is 4.11. The third-order valence-corrected chi connectivity index (χ3v) is 4.56.